The number of hydrogen-bond acceptors (Lipinski definition) is 5. The average molecular weight is 546 g/mol. The Morgan fingerprint density at radius 1 is 0.833 bits per heavy atom. The first-order chi connectivity index (χ1) is 17.2. The molecule has 0 atom stereocenters. The van der Waals surface area contributed by atoms with Crippen LogP contribution < -0.4 is 4.72 Å². The lowest BCUT2D eigenvalue weighted by Gasteiger charge is -2.22. The average Bonchev–Trinajstić information content (AvgIpc) is 2.89. The molecule has 0 aromatic heterocycles. The van der Waals surface area contributed by atoms with Crippen molar-refractivity contribution in [1.29, 1.82) is 0 Å². The van der Waals surface area contributed by atoms with E-state index in [4.69, 9.17) is 27.9 Å². The number of carbonyl (C=O) groups excluding carboxylic acids is 2. The Hall–Kier alpha value is -2.87. The number of halogens is 2. The Morgan fingerprint density at radius 3 is 2.11 bits per heavy atom. The lowest BCUT2D eigenvalue weighted by Crippen LogP contribution is -2.15. The summed E-state index contributed by atoms with van der Waals surface area (Å²) in [4.78, 5) is 24.8. The minimum atomic E-state index is -3.90. The second-order valence-electron chi connectivity index (χ2n) is 8.72. The fraction of sp³-hybridized carbons (Fsp3) is 0.259. The largest absolute Gasteiger partial charge is 0.454 e. The van der Waals surface area contributed by atoms with Crippen molar-refractivity contribution < 1.29 is 22.7 Å². The van der Waals surface area contributed by atoms with Gasteiger partial charge in [-0.3, -0.25) is 9.52 Å². The number of hydrogen-bond donors (Lipinski definition) is 1. The molecule has 9 heteroatoms. The van der Waals surface area contributed by atoms with E-state index in [-0.39, 0.29) is 38.6 Å². The molecule has 3 aromatic carbocycles. The highest BCUT2D eigenvalue weighted by Gasteiger charge is 2.18. The standard InChI is InChI=1S/C27H25Cl2NO5S/c28-24-15-14-23(16-25(24)29)36(33,34)30-22-12-10-21(11-13-22)27(32)35-17-26(31)20-8-6-19(7-9-20)18-4-2-1-3-5-18/h6-16,18,30H,1-5,17H2. The van der Waals surface area contributed by atoms with E-state index in [0.29, 0.717) is 11.5 Å². The van der Waals surface area contributed by atoms with E-state index < -0.39 is 16.0 Å². The number of anilines is 1. The summed E-state index contributed by atoms with van der Waals surface area (Å²) in [7, 11) is -3.90. The zero-order chi connectivity index (χ0) is 25.7. The normalized spacial score (nSPS) is 14.3. The van der Waals surface area contributed by atoms with E-state index in [1.54, 1.807) is 12.1 Å². The van der Waals surface area contributed by atoms with Crippen molar-refractivity contribution in [1.82, 2.24) is 0 Å². The van der Waals surface area contributed by atoms with Crippen LogP contribution in [0.5, 0.6) is 0 Å². The van der Waals surface area contributed by atoms with Crippen LogP contribution >= 0.6 is 23.2 Å². The maximum atomic E-state index is 12.6. The Bertz CT molecular complexity index is 1350. The van der Waals surface area contributed by atoms with Gasteiger partial charge in [0, 0.05) is 11.3 Å². The van der Waals surface area contributed by atoms with Crippen molar-refractivity contribution >= 4 is 50.7 Å². The zero-order valence-electron chi connectivity index (χ0n) is 19.4. The first-order valence-corrected chi connectivity index (χ1v) is 13.8. The molecule has 0 saturated heterocycles. The summed E-state index contributed by atoms with van der Waals surface area (Å²) in [6, 6.07) is 17.2. The Balaban J connectivity index is 1.32. The third-order valence-electron chi connectivity index (χ3n) is 6.22. The van der Waals surface area contributed by atoms with Gasteiger partial charge in [-0.05, 0) is 66.8 Å². The molecule has 1 aliphatic carbocycles. The first kappa shape index (κ1) is 26.2. The van der Waals surface area contributed by atoms with Gasteiger partial charge in [-0.1, -0.05) is 66.7 Å². The number of carbonyl (C=O) groups is 2. The molecule has 4 rings (SSSR count). The molecule has 0 heterocycles. The molecule has 0 amide bonds. The maximum Gasteiger partial charge on any atom is 0.338 e. The van der Waals surface area contributed by atoms with Gasteiger partial charge in [-0.15, -0.1) is 0 Å². The molecule has 36 heavy (non-hydrogen) atoms. The lowest BCUT2D eigenvalue weighted by atomic mass is 9.84. The monoisotopic (exact) mass is 545 g/mol. The van der Waals surface area contributed by atoms with Crippen LogP contribution in [-0.2, 0) is 14.8 Å². The molecule has 0 aliphatic heterocycles. The molecule has 1 fully saturated rings. The number of benzene rings is 3. The van der Waals surface area contributed by atoms with E-state index in [0.717, 1.165) is 0 Å². The van der Waals surface area contributed by atoms with E-state index in [1.165, 1.54) is 80.1 Å². The van der Waals surface area contributed by atoms with Gasteiger partial charge in [0.15, 0.2) is 12.4 Å². The SMILES string of the molecule is O=C(COC(=O)c1ccc(NS(=O)(=O)c2ccc(Cl)c(Cl)c2)cc1)c1ccc(C2CCCCC2)cc1. The summed E-state index contributed by atoms with van der Waals surface area (Å²) in [5.74, 6) is -0.414. The third-order valence-corrected chi connectivity index (χ3v) is 8.34. The van der Waals surface area contributed by atoms with Gasteiger partial charge in [0.1, 0.15) is 0 Å². The van der Waals surface area contributed by atoms with Crippen LogP contribution in [0.4, 0.5) is 5.69 Å². The van der Waals surface area contributed by atoms with Gasteiger partial charge >= 0.3 is 5.97 Å². The van der Waals surface area contributed by atoms with Gasteiger partial charge < -0.3 is 4.74 Å². The number of nitrogens with one attached hydrogen (secondary N) is 1. The van der Waals surface area contributed by atoms with Crippen LogP contribution in [0.2, 0.25) is 10.0 Å². The van der Waals surface area contributed by atoms with Crippen LogP contribution in [0.1, 0.15) is 64.3 Å². The number of ether oxygens (including phenoxy) is 1. The topological polar surface area (TPSA) is 89.5 Å². The first-order valence-electron chi connectivity index (χ1n) is 11.6. The zero-order valence-corrected chi connectivity index (χ0v) is 21.7. The predicted octanol–water partition coefficient (Wildman–Crippen LogP) is 6.88. The molecular formula is C27H25Cl2NO5S. The Morgan fingerprint density at radius 2 is 1.47 bits per heavy atom. The van der Waals surface area contributed by atoms with Crippen LogP contribution in [0.15, 0.2) is 71.6 Å². The molecule has 188 valence electrons. The highest BCUT2D eigenvalue weighted by molar-refractivity contribution is 7.92. The molecular weight excluding hydrogens is 521 g/mol. The van der Waals surface area contributed by atoms with E-state index in [9.17, 15) is 18.0 Å². The maximum absolute atomic E-state index is 12.6. The van der Waals surface area contributed by atoms with Crippen molar-refractivity contribution in [3.63, 3.8) is 0 Å². The molecule has 3 aromatic rings. The van der Waals surface area contributed by atoms with Gasteiger partial charge in [0.2, 0.25) is 0 Å². The van der Waals surface area contributed by atoms with E-state index in [2.05, 4.69) is 4.72 Å². The number of rotatable bonds is 8. The number of ketones is 1. The number of Topliss-reactive ketones (excluding diaryl/α,β-unsaturated/α-hetero) is 1. The molecule has 0 unspecified atom stereocenters. The minimum Gasteiger partial charge on any atom is -0.454 e. The third kappa shape index (κ3) is 6.46. The Kier molecular flexibility index (Phi) is 8.34. The summed E-state index contributed by atoms with van der Waals surface area (Å²) in [6.07, 6.45) is 6.13. The highest BCUT2D eigenvalue weighted by Crippen LogP contribution is 2.32. The molecule has 1 N–H and O–H groups in total. The number of sulfonamides is 1. The summed E-state index contributed by atoms with van der Waals surface area (Å²) in [5, 5.41) is 0.362. The second-order valence-corrected chi connectivity index (χ2v) is 11.2. The van der Waals surface area contributed by atoms with Crippen molar-refractivity contribution in [2.45, 2.75) is 42.9 Å². The summed E-state index contributed by atoms with van der Waals surface area (Å²) in [5.41, 5.74) is 2.17. The van der Waals surface area contributed by atoms with Gasteiger partial charge in [-0.25, -0.2) is 13.2 Å². The fourth-order valence-electron chi connectivity index (χ4n) is 4.21. The van der Waals surface area contributed by atoms with Crippen molar-refractivity contribution in [3.05, 3.63) is 93.5 Å². The summed E-state index contributed by atoms with van der Waals surface area (Å²) < 4.78 is 32.7. The van der Waals surface area contributed by atoms with Crippen LogP contribution in [-0.4, -0.2) is 26.8 Å². The van der Waals surface area contributed by atoms with Gasteiger partial charge in [0.25, 0.3) is 10.0 Å². The van der Waals surface area contributed by atoms with Gasteiger partial charge in [0.05, 0.1) is 20.5 Å². The lowest BCUT2D eigenvalue weighted by molar-refractivity contribution is 0.0475. The van der Waals surface area contributed by atoms with Crippen molar-refractivity contribution in [2.75, 3.05) is 11.3 Å². The number of esters is 1. The smallest absolute Gasteiger partial charge is 0.338 e. The highest BCUT2D eigenvalue weighted by atomic mass is 35.5. The van der Waals surface area contributed by atoms with E-state index >= 15 is 0 Å². The van der Waals surface area contributed by atoms with Crippen molar-refractivity contribution in [2.24, 2.45) is 0 Å². The predicted molar refractivity (Wildman–Crippen MR) is 141 cm³/mol. The van der Waals surface area contributed by atoms with Gasteiger partial charge in [-0.2, -0.15) is 0 Å². The van der Waals surface area contributed by atoms with E-state index in [1.807, 2.05) is 12.1 Å². The minimum absolute atomic E-state index is 0.0503. The molecule has 0 spiro atoms. The summed E-state index contributed by atoms with van der Waals surface area (Å²) in [6.45, 7) is -0.382. The molecule has 1 aliphatic rings. The molecule has 0 bridgehead atoms. The van der Waals surface area contributed by atoms with Crippen LogP contribution in [0, 0.1) is 0 Å². The Labute approximate surface area is 220 Å². The molecule has 1 saturated carbocycles. The van der Waals surface area contributed by atoms with Crippen LogP contribution in [0.3, 0.4) is 0 Å². The van der Waals surface area contributed by atoms with Crippen LogP contribution in [0.25, 0.3) is 0 Å². The summed E-state index contributed by atoms with van der Waals surface area (Å²) >= 11 is 11.8. The quantitative estimate of drug-likeness (QED) is 0.246. The van der Waals surface area contributed by atoms with Crippen molar-refractivity contribution in [3.8, 4) is 0 Å². The molecule has 0 radical (unpaired) electrons. The second kappa shape index (κ2) is 11.5. The fourth-order valence-corrected chi connectivity index (χ4v) is 5.65. The molecule has 6 nitrogen and oxygen atoms in total.